The van der Waals surface area contributed by atoms with E-state index in [-0.39, 0.29) is 11.8 Å². The first kappa shape index (κ1) is 21.0. The molecule has 1 fully saturated rings. The van der Waals surface area contributed by atoms with Crippen LogP contribution in [0.15, 0.2) is 59.8 Å². The van der Waals surface area contributed by atoms with Crippen molar-refractivity contribution >= 4 is 51.7 Å². The molecule has 2 aromatic carbocycles. The second kappa shape index (κ2) is 8.56. The van der Waals surface area contributed by atoms with E-state index in [1.807, 2.05) is 28.7 Å². The first-order valence-corrected chi connectivity index (χ1v) is 11.8. The topological polar surface area (TPSA) is 67.6 Å². The van der Waals surface area contributed by atoms with Crippen LogP contribution in [0.1, 0.15) is 35.2 Å². The molecular weight excluding hydrogens is 444 g/mol. The van der Waals surface area contributed by atoms with Gasteiger partial charge >= 0.3 is 0 Å². The van der Waals surface area contributed by atoms with Crippen molar-refractivity contribution in [3.8, 4) is 0 Å². The van der Waals surface area contributed by atoms with E-state index in [2.05, 4.69) is 23.2 Å². The standard InChI is InChI=1S/C24H21ClN4O2S/c1-15-14-21-26-27-24(29(21)19-7-3-2-6-18(15)19)32-20-8-4-5-13-28(23(20)31)22(30)16-9-11-17(25)12-10-16/h2-3,6-7,9-12,14,20H,4-5,8,13H2,1H3/t20-/m1/s1. The Morgan fingerprint density at radius 1 is 1.09 bits per heavy atom. The van der Waals surface area contributed by atoms with Gasteiger partial charge in [-0.1, -0.05) is 48.0 Å². The largest absolute Gasteiger partial charge is 0.278 e. The van der Waals surface area contributed by atoms with Crippen molar-refractivity contribution in [2.24, 2.45) is 0 Å². The zero-order chi connectivity index (χ0) is 22.2. The van der Waals surface area contributed by atoms with Gasteiger partial charge in [0, 0.05) is 22.5 Å². The predicted octanol–water partition coefficient (Wildman–Crippen LogP) is 5.16. The summed E-state index contributed by atoms with van der Waals surface area (Å²) in [5.74, 6) is -0.466. The van der Waals surface area contributed by atoms with Crippen molar-refractivity contribution in [1.82, 2.24) is 19.5 Å². The Labute approximate surface area is 194 Å². The van der Waals surface area contributed by atoms with Crippen molar-refractivity contribution in [3.63, 3.8) is 0 Å². The third kappa shape index (κ3) is 3.76. The molecule has 0 aliphatic carbocycles. The molecule has 6 nitrogen and oxygen atoms in total. The second-order valence-electron chi connectivity index (χ2n) is 7.92. The minimum atomic E-state index is -0.402. The molecule has 0 bridgehead atoms. The summed E-state index contributed by atoms with van der Waals surface area (Å²) in [6.07, 6.45) is 2.34. The number of likely N-dealkylation sites (tertiary alicyclic amines) is 1. The molecular formula is C24H21ClN4O2S. The lowest BCUT2D eigenvalue weighted by atomic mass is 10.1. The fourth-order valence-electron chi connectivity index (χ4n) is 4.14. The quantitative estimate of drug-likeness (QED) is 0.392. The molecule has 162 valence electrons. The van der Waals surface area contributed by atoms with E-state index < -0.39 is 5.25 Å². The van der Waals surface area contributed by atoms with Gasteiger partial charge in [0.1, 0.15) is 0 Å². The summed E-state index contributed by atoms with van der Waals surface area (Å²) in [6.45, 7) is 2.47. The fourth-order valence-corrected chi connectivity index (χ4v) is 5.42. The first-order chi connectivity index (χ1) is 15.5. The van der Waals surface area contributed by atoms with Gasteiger partial charge in [0.15, 0.2) is 10.8 Å². The molecule has 32 heavy (non-hydrogen) atoms. The average Bonchev–Trinajstić information content (AvgIpc) is 3.11. The van der Waals surface area contributed by atoms with Crippen LogP contribution in [0.2, 0.25) is 5.02 Å². The molecule has 3 heterocycles. The fraction of sp³-hybridized carbons (Fsp3) is 0.250. The monoisotopic (exact) mass is 464 g/mol. The van der Waals surface area contributed by atoms with Crippen LogP contribution in [0.25, 0.3) is 16.6 Å². The molecule has 1 aliphatic heterocycles. The molecule has 2 aromatic heterocycles. The molecule has 1 saturated heterocycles. The maximum absolute atomic E-state index is 13.4. The summed E-state index contributed by atoms with van der Waals surface area (Å²) in [5.41, 5.74) is 3.34. The number of carbonyl (C=O) groups excluding carboxylic acids is 2. The Balaban J connectivity index is 1.48. The molecule has 8 heteroatoms. The highest BCUT2D eigenvalue weighted by atomic mass is 35.5. The van der Waals surface area contributed by atoms with Crippen molar-refractivity contribution in [3.05, 3.63) is 70.7 Å². The number of nitrogens with zero attached hydrogens (tertiary/aromatic N) is 4. The van der Waals surface area contributed by atoms with Crippen LogP contribution < -0.4 is 0 Å². The third-order valence-corrected chi connectivity index (χ3v) is 7.25. The van der Waals surface area contributed by atoms with Crippen molar-refractivity contribution in [2.75, 3.05) is 6.54 Å². The van der Waals surface area contributed by atoms with E-state index in [0.717, 1.165) is 35.0 Å². The van der Waals surface area contributed by atoms with Crippen LogP contribution in [0.5, 0.6) is 0 Å². The number of hydrogen-bond donors (Lipinski definition) is 0. The Bertz CT molecular complexity index is 1340. The van der Waals surface area contributed by atoms with Gasteiger partial charge in [0.2, 0.25) is 5.91 Å². The third-order valence-electron chi connectivity index (χ3n) is 5.80. The molecule has 0 saturated carbocycles. The van der Waals surface area contributed by atoms with E-state index in [1.165, 1.54) is 16.7 Å². The van der Waals surface area contributed by atoms with Crippen LogP contribution in [-0.2, 0) is 4.79 Å². The molecule has 0 unspecified atom stereocenters. The molecule has 4 aromatic rings. The number of benzene rings is 2. The summed E-state index contributed by atoms with van der Waals surface area (Å²) in [6, 6.07) is 16.8. The minimum Gasteiger partial charge on any atom is -0.278 e. The van der Waals surface area contributed by atoms with Crippen LogP contribution in [0.4, 0.5) is 0 Å². The number of halogens is 1. The maximum atomic E-state index is 13.4. The van der Waals surface area contributed by atoms with Crippen molar-refractivity contribution in [2.45, 2.75) is 36.6 Å². The van der Waals surface area contributed by atoms with E-state index in [9.17, 15) is 9.59 Å². The Kier molecular flexibility index (Phi) is 5.61. The van der Waals surface area contributed by atoms with Gasteiger partial charge in [0.05, 0.1) is 10.8 Å². The molecule has 5 rings (SSSR count). The number of hydrogen-bond acceptors (Lipinski definition) is 5. The average molecular weight is 465 g/mol. The maximum Gasteiger partial charge on any atom is 0.260 e. The minimum absolute atomic E-state index is 0.180. The number of imide groups is 1. The number of aryl methyl sites for hydroxylation is 1. The lowest BCUT2D eigenvalue weighted by Gasteiger charge is -2.22. The number of amides is 2. The number of para-hydroxylation sites is 1. The number of fused-ring (bicyclic) bond motifs is 3. The molecule has 0 spiro atoms. The van der Waals surface area contributed by atoms with Gasteiger partial charge in [-0.3, -0.25) is 18.9 Å². The van der Waals surface area contributed by atoms with Gasteiger partial charge in [0.25, 0.3) is 5.91 Å². The molecule has 1 aliphatic rings. The summed E-state index contributed by atoms with van der Waals surface area (Å²) in [5, 5.41) is 10.7. The Morgan fingerprint density at radius 2 is 1.88 bits per heavy atom. The van der Waals surface area contributed by atoms with Crippen molar-refractivity contribution < 1.29 is 9.59 Å². The highest BCUT2D eigenvalue weighted by molar-refractivity contribution is 8.00. The highest BCUT2D eigenvalue weighted by Gasteiger charge is 2.33. The lowest BCUT2D eigenvalue weighted by Crippen LogP contribution is -2.41. The molecule has 0 N–H and O–H groups in total. The van der Waals surface area contributed by atoms with Crippen LogP contribution in [0, 0.1) is 6.92 Å². The van der Waals surface area contributed by atoms with Gasteiger partial charge < -0.3 is 0 Å². The number of carbonyl (C=O) groups is 2. The summed E-state index contributed by atoms with van der Waals surface area (Å²) in [4.78, 5) is 27.8. The Hall–Kier alpha value is -2.90. The zero-order valence-corrected chi connectivity index (χ0v) is 19.1. The number of pyridine rings is 1. The molecule has 2 amide bonds. The second-order valence-corrected chi connectivity index (χ2v) is 9.53. The van der Waals surface area contributed by atoms with Gasteiger partial charge in [-0.2, -0.15) is 0 Å². The Morgan fingerprint density at radius 3 is 2.69 bits per heavy atom. The first-order valence-electron chi connectivity index (χ1n) is 10.5. The van der Waals surface area contributed by atoms with Gasteiger partial charge in [-0.15, -0.1) is 10.2 Å². The SMILES string of the molecule is Cc1cc2nnc(S[C@@H]3CCCCN(C(=O)c4ccc(Cl)cc4)C3=O)n2c2ccccc12. The van der Waals surface area contributed by atoms with Crippen LogP contribution in [0.3, 0.4) is 0 Å². The molecule has 0 radical (unpaired) electrons. The summed E-state index contributed by atoms with van der Waals surface area (Å²) in [7, 11) is 0. The predicted molar refractivity (Wildman–Crippen MR) is 126 cm³/mol. The summed E-state index contributed by atoms with van der Waals surface area (Å²) < 4.78 is 2.00. The van der Waals surface area contributed by atoms with E-state index in [1.54, 1.807) is 24.3 Å². The highest BCUT2D eigenvalue weighted by Crippen LogP contribution is 2.32. The van der Waals surface area contributed by atoms with Crippen LogP contribution >= 0.6 is 23.4 Å². The smallest absolute Gasteiger partial charge is 0.260 e. The molecule has 1 atom stereocenters. The van der Waals surface area contributed by atoms with Gasteiger partial charge in [-0.25, -0.2) is 0 Å². The summed E-state index contributed by atoms with van der Waals surface area (Å²) >= 11 is 7.33. The number of thioether (sulfide) groups is 1. The number of rotatable bonds is 3. The van der Waals surface area contributed by atoms with Gasteiger partial charge in [-0.05, 0) is 61.7 Å². The normalized spacial score (nSPS) is 17.1. The van der Waals surface area contributed by atoms with Crippen molar-refractivity contribution in [1.29, 1.82) is 0 Å². The van der Waals surface area contributed by atoms with Crippen LogP contribution in [-0.4, -0.2) is 43.1 Å². The van der Waals surface area contributed by atoms with E-state index in [0.29, 0.717) is 28.7 Å². The van der Waals surface area contributed by atoms with E-state index >= 15 is 0 Å². The lowest BCUT2D eigenvalue weighted by molar-refractivity contribution is -0.127. The van der Waals surface area contributed by atoms with E-state index in [4.69, 9.17) is 11.6 Å². The zero-order valence-electron chi connectivity index (χ0n) is 17.5. The number of aromatic nitrogens is 3.